The summed E-state index contributed by atoms with van der Waals surface area (Å²) in [4.78, 5) is 34.3. The zero-order valence-electron chi connectivity index (χ0n) is 10.6. The molecular weight excluding hydrogens is 280 g/mol. The highest BCUT2D eigenvalue weighted by Crippen LogP contribution is 2.18. The molecule has 0 saturated carbocycles. The van der Waals surface area contributed by atoms with Gasteiger partial charge in [-0.1, -0.05) is 6.92 Å². The maximum Gasteiger partial charge on any atom is 0.356 e. The molecule has 0 aliphatic heterocycles. The van der Waals surface area contributed by atoms with Gasteiger partial charge in [0, 0.05) is 11.6 Å². The lowest BCUT2D eigenvalue weighted by Gasteiger charge is -2.13. The Morgan fingerprint density at radius 3 is 2.50 bits per heavy atom. The minimum Gasteiger partial charge on any atom is -0.476 e. The first-order valence-corrected chi connectivity index (χ1v) is 6.75. The highest BCUT2D eigenvalue weighted by Gasteiger charge is 2.17. The summed E-state index contributed by atoms with van der Waals surface area (Å²) in [5.74, 6) is -1.59. The van der Waals surface area contributed by atoms with Crippen molar-refractivity contribution in [1.29, 1.82) is 0 Å². The van der Waals surface area contributed by atoms with Gasteiger partial charge in [-0.05, 0) is 6.42 Å². The third kappa shape index (κ3) is 3.15. The molecule has 0 bridgehead atoms. The van der Waals surface area contributed by atoms with Crippen LogP contribution in [0.3, 0.4) is 0 Å². The van der Waals surface area contributed by atoms with E-state index in [1.807, 2.05) is 12.3 Å². The first-order chi connectivity index (χ1) is 9.61. The number of carbonyl (C=O) groups is 2. The average Bonchev–Trinajstić information content (AvgIpc) is 2.98. The van der Waals surface area contributed by atoms with Crippen LogP contribution in [-0.4, -0.2) is 31.9 Å². The van der Waals surface area contributed by atoms with Crippen LogP contribution in [0.1, 0.15) is 45.4 Å². The summed E-state index contributed by atoms with van der Waals surface area (Å²) in [5.41, 5.74) is -0.126. The van der Waals surface area contributed by atoms with Gasteiger partial charge in [0.05, 0.1) is 18.4 Å². The Hall–Kier alpha value is -2.35. The Morgan fingerprint density at radius 1 is 1.30 bits per heavy atom. The summed E-state index contributed by atoms with van der Waals surface area (Å²) in [6.45, 7) is 1.94. The SMILES string of the molecule is CCC(NC(=O)c1cnc(C(=O)O)cn1)c1nccs1. The number of carbonyl (C=O) groups excluding carboxylic acids is 1. The van der Waals surface area contributed by atoms with Gasteiger partial charge < -0.3 is 10.4 Å². The summed E-state index contributed by atoms with van der Waals surface area (Å²) in [7, 11) is 0. The van der Waals surface area contributed by atoms with E-state index in [4.69, 9.17) is 5.11 Å². The molecule has 2 aromatic rings. The fourth-order valence-corrected chi connectivity index (χ4v) is 2.31. The van der Waals surface area contributed by atoms with E-state index < -0.39 is 11.9 Å². The van der Waals surface area contributed by atoms with Crippen molar-refractivity contribution in [3.8, 4) is 0 Å². The van der Waals surface area contributed by atoms with Crippen molar-refractivity contribution in [2.75, 3.05) is 0 Å². The van der Waals surface area contributed by atoms with Crippen LogP contribution in [0.5, 0.6) is 0 Å². The van der Waals surface area contributed by atoms with Gasteiger partial charge in [-0.2, -0.15) is 0 Å². The molecule has 1 amide bonds. The third-order valence-electron chi connectivity index (χ3n) is 2.57. The van der Waals surface area contributed by atoms with Gasteiger partial charge in [-0.3, -0.25) is 4.79 Å². The Kier molecular flexibility index (Phi) is 4.36. The fraction of sp³-hybridized carbons (Fsp3) is 0.250. The van der Waals surface area contributed by atoms with Crippen LogP contribution in [0, 0.1) is 0 Å². The normalized spacial score (nSPS) is 11.8. The monoisotopic (exact) mass is 292 g/mol. The lowest BCUT2D eigenvalue weighted by Crippen LogP contribution is -2.29. The minimum atomic E-state index is -1.18. The molecule has 20 heavy (non-hydrogen) atoms. The summed E-state index contributed by atoms with van der Waals surface area (Å²) in [6, 6.07) is -0.191. The third-order valence-corrected chi connectivity index (χ3v) is 3.46. The zero-order valence-corrected chi connectivity index (χ0v) is 11.4. The van der Waals surface area contributed by atoms with E-state index in [-0.39, 0.29) is 17.4 Å². The van der Waals surface area contributed by atoms with E-state index in [0.29, 0.717) is 6.42 Å². The molecule has 8 heteroatoms. The molecule has 0 aliphatic carbocycles. The second-order valence-corrected chi connectivity index (χ2v) is 4.82. The number of amides is 1. The lowest BCUT2D eigenvalue weighted by atomic mass is 10.2. The Morgan fingerprint density at radius 2 is 2.00 bits per heavy atom. The van der Waals surface area contributed by atoms with E-state index in [2.05, 4.69) is 20.3 Å². The Bertz CT molecular complexity index is 598. The maximum atomic E-state index is 12.0. The second-order valence-electron chi connectivity index (χ2n) is 3.90. The van der Waals surface area contributed by atoms with Crippen molar-refractivity contribution in [3.63, 3.8) is 0 Å². The van der Waals surface area contributed by atoms with Crippen molar-refractivity contribution < 1.29 is 14.7 Å². The number of aromatic nitrogens is 3. The summed E-state index contributed by atoms with van der Waals surface area (Å²) in [5, 5.41) is 14.2. The number of hydrogen-bond donors (Lipinski definition) is 2. The lowest BCUT2D eigenvalue weighted by molar-refractivity contribution is 0.0689. The maximum absolute atomic E-state index is 12.0. The van der Waals surface area contributed by atoms with Crippen molar-refractivity contribution in [2.45, 2.75) is 19.4 Å². The van der Waals surface area contributed by atoms with Gasteiger partial charge in [0.2, 0.25) is 0 Å². The van der Waals surface area contributed by atoms with Crippen LogP contribution in [0.25, 0.3) is 0 Å². The molecule has 2 heterocycles. The average molecular weight is 292 g/mol. The van der Waals surface area contributed by atoms with Gasteiger partial charge in [-0.25, -0.2) is 19.7 Å². The van der Waals surface area contributed by atoms with E-state index >= 15 is 0 Å². The molecule has 2 N–H and O–H groups in total. The van der Waals surface area contributed by atoms with Crippen molar-refractivity contribution in [2.24, 2.45) is 0 Å². The zero-order chi connectivity index (χ0) is 14.5. The minimum absolute atomic E-state index is 0.0741. The van der Waals surface area contributed by atoms with E-state index in [1.54, 1.807) is 6.20 Å². The first kappa shape index (κ1) is 14.1. The highest BCUT2D eigenvalue weighted by atomic mass is 32.1. The van der Waals surface area contributed by atoms with E-state index in [9.17, 15) is 9.59 Å². The molecule has 0 spiro atoms. The number of carboxylic acids is 1. The van der Waals surface area contributed by atoms with E-state index in [1.165, 1.54) is 11.3 Å². The number of nitrogens with one attached hydrogen (secondary N) is 1. The number of hydrogen-bond acceptors (Lipinski definition) is 6. The van der Waals surface area contributed by atoms with Crippen LogP contribution in [-0.2, 0) is 0 Å². The molecule has 104 valence electrons. The largest absolute Gasteiger partial charge is 0.476 e. The molecule has 7 nitrogen and oxygen atoms in total. The van der Waals surface area contributed by atoms with Crippen molar-refractivity contribution in [3.05, 3.63) is 40.4 Å². The molecule has 1 atom stereocenters. The van der Waals surface area contributed by atoms with Gasteiger partial charge in [0.25, 0.3) is 5.91 Å². The summed E-state index contributed by atoms with van der Waals surface area (Å²) >= 11 is 1.46. The Labute approximate surface area is 118 Å². The predicted octanol–water partition coefficient (Wildman–Crippen LogP) is 1.51. The van der Waals surface area contributed by atoms with Gasteiger partial charge in [0.1, 0.15) is 10.7 Å². The first-order valence-electron chi connectivity index (χ1n) is 5.87. The molecule has 1 unspecified atom stereocenters. The van der Waals surface area contributed by atoms with Crippen molar-refractivity contribution in [1.82, 2.24) is 20.3 Å². The number of carboxylic acid groups (broad SMARTS) is 1. The fourth-order valence-electron chi connectivity index (χ4n) is 1.53. The molecule has 0 saturated heterocycles. The van der Waals surface area contributed by atoms with Crippen LogP contribution < -0.4 is 5.32 Å². The molecule has 0 fully saturated rings. The molecule has 2 rings (SSSR count). The number of nitrogens with zero attached hydrogens (tertiary/aromatic N) is 3. The Balaban J connectivity index is 2.09. The topological polar surface area (TPSA) is 105 Å². The standard InChI is InChI=1S/C12H12N4O3S/c1-2-7(11-13-3-4-20-11)16-10(17)8-5-15-9(6-14-8)12(18)19/h3-7H,2H2,1H3,(H,16,17)(H,18,19). The van der Waals surface area contributed by atoms with Crippen molar-refractivity contribution >= 4 is 23.2 Å². The molecule has 0 aromatic carbocycles. The van der Waals surface area contributed by atoms with Gasteiger partial charge in [0.15, 0.2) is 5.69 Å². The number of aromatic carboxylic acids is 1. The van der Waals surface area contributed by atoms with Gasteiger partial charge >= 0.3 is 5.97 Å². The molecular formula is C12H12N4O3S. The highest BCUT2D eigenvalue weighted by molar-refractivity contribution is 7.09. The molecule has 0 aliphatic rings. The number of thiazole rings is 1. The second kappa shape index (κ2) is 6.20. The quantitative estimate of drug-likeness (QED) is 0.865. The summed E-state index contributed by atoms with van der Waals surface area (Å²) < 4.78 is 0. The summed E-state index contributed by atoms with van der Waals surface area (Å²) in [6.07, 6.45) is 4.57. The molecule has 2 aromatic heterocycles. The van der Waals surface area contributed by atoms with Crippen LogP contribution >= 0.6 is 11.3 Å². The molecule has 0 radical (unpaired) electrons. The van der Waals surface area contributed by atoms with Gasteiger partial charge in [-0.15, -0.1) is 11.3 Å². The van der Waals surface area contributed by atoms with E-state index in [0.717, 1.165) is 17.4 Å². The predicted molar refractivity (Wildman–Crippen MR) is 71.6 cm³/mol. The van der Waals surface area contributed by atoms with Crippen LogP contribution in [0.4, 0.5) is 0 Å². The van der Waals surface area contributed by atoms with Crippen LogP contribution in [0.15, 0.2) is 24.0 Å². The smallest absolute Gasteiger partial charge is 0.356 e. The van der Waals surface area contributed by atoms with Crippen LogP contribution in [0.2, 0.25) is 0 Å². The number of rotatable bonds is 5.